The van der Waals surface area contributed by atoms with Crippen LogP contribution >= 0.6 is 0 Å². The average molecular weight is 316 g/mol. The minimum absolute atomic E-state index is 0.112. The van der Waals surface area contributed by atoms with Gasteiger partial charge < -0.3 is 14.9 Å². The second-order valence-electron chi connectivity index (χ2n) is 6.54. The van der Waals surface area contributed by atoms with Gasteiger partial charge in [-0.1, -0.05) is 0 Å². The zero-order valence-corrected chi connectivity index (χ0v) is 13.1. The number of rotatable bonds is 3. The number of amides is 2. The van der Waals surface area contributed by atoms with E-state index < -0.39 is 11.4 Å². The highest BCUT2D eigenvalue weighted by Gasteiger charge is 2.42. The minimum atomic E-state index is -0.865. The van der Waals surface area contributed by atoms with Crippen molar-refractivity contribution in [3.05, 3.63) is 29.8 Å². The number of benzene rings is 1. The summed E-state index contributed by atoms with van der Waals surface area (Å²) in [6.07, 6.45) is 1.90. The lowest BCUT2D eigenvalue weighted by atomic mass is 9.90. The molecule has 23 heavy (non-hydrogen) atoms. The Bertz CT molecular complexity index is 655. The van der Waals surface area contributed by atoms with E-state index in [2.05, 4.69) is 0 Å². The van der Waals surface area contributed by atoms with Gasteiger partial charge in [-0.2, -0.15) is 0 Å². The van der Waals surface area contributed by atoms with Crippen molar-refractivity contribution in [2.45, 2.75) is 26.2 Å². The fourth-order valence-corrected chi connectivity index (χ4v) is 3.20. The van der Waals surface area contributed by atoms with Crippen LogP contribution < -0.4 is 4.90 Å². The molecule has 0 spiro atoms. The molecule has 6 heteroatoms. The van der Waals surface area contributed by atoms with Crippen molar-refractivity contribution >= 4 is 23.5 Å². The van der Waals surface area contributed by atoms with Crippen molar-refractivity contribution in [3.8, 4) is 0 Å². The Hall–Kier alpha value is -2.37. The van der Waals surface area contributed by atoms with Crippen LogP contribution in [0.1, 0.15) is 36.5 Å². The summed E-state index contributed by atoms with van der Waals surface area (Å²) in [5.74, 6) is -0.911. The Morgan fingerprint density at radius 2 is 1.87 bits per heavy atom. The Labute approximate surface area is 134 Å². The standard InChI is InChI=1S/C17H20N2O4/c1-17(16(22)23)8-10-18(11-17)15(21)12-4-6-13(7-5-12)19-9-2-3-14(19)20/h4-7H,2-3,8-11H2,1H3,(H,22,23)/t17-/m0/s1. The van der Waals surface area contributed by atoms with Crippen LogP contribution in [0, 0.1) is 5.41 Å². The molecule has 0 unspecified atom stereocenters. The molecule has 122 valence electrons. The Balaban J connectivity index is 1.71. The van der Waals surface area contributed by atoms with Gasteiger partial charge in [0, 0.05) is 37.3 Å². The first-order chi connectivity index (χ1) is 10.9. The van der Waals surface area contributed by atoms with E-state index in [1.807, 2.05) is 0 Å². The number of hydrogen-bond acceptors (Lipinski definition) is 3. The maximum Gasteiger partial charge on any atom is 0.311 e. The first-order valence-electron chi connectivity index (χ1n) is 7.84. The second-order valence-corrected chi connectivity index (χ2v) is 6.54. The number of carbonyl (C=O) groups excluding carboxylic acids is 2. The molecule has 0 aliphatic carbocycles. The molecule has 0 radical (unpaired) electrons. The molecule has 6 nitrogen and oxygen atoms in total. The molecule has 1 aromatic rings. The number of carbonyl (C=O) groups is 3. The zero-order chi connectivity index (χ0) is 16.6. The monoisotopic (exact) mass is 316 g/mol. The number of nitrogens with zero attached hydrogens (tertiary/aromatic N) is 2. The van der Waals surface area contributed by atoms with Crippen molar-refractivity contribution in [2.24, 2.45) is 5.41 Å². The zero-order valence-electron chi connectivity index (χ0n) is 13.1. The van der Waals surface area contributed by atoms with Gasteiger partial charge in [0.2, 0.25) is 5.91 Å². The molecule has 3 rings (SSSR count). The lowest BCUT2D eigenvalue weighted by Crippen LogP contribution is -2.34. The molecule has 1 aromatic carbocycles. The van der Waals surface area contributed by atoms with Crippen LogP contribution in [0.3, 0.4) is 0 Å². The molecule has 2 fully saturated rings. The maximum absolute atomic E-state index is 12.5. The first-order valence-corrected chi connectivity index (χ1v) is 7.84. The van der Waals surface area contributed by atoms with Gasteiger partial charge in [0.25, 0.3) is 5.91 Å². The minimum Gasteiger partial charge on any atom is -0.481 e. The predicted molar refractivity (Wildman–Crippen MR) is 84.3 cm³/mol. The SMILES string of the molecule is C[C@]1(C(=O)O)CCN(C(=O)c2ccc(N3CCCC3=O)cc2)C1. The van der Waals surface area contributed by atoms with E-state index in [1.165, 1.54) is 0 Å². The van der Waals surface area contributed by atoms with Gasteiger partial charge in [-0.05, 0) is 44.0 Å². The van der Waals surface area contributed by atoms with E-state index >= 15 is 0 Å². The van der Waals surface area contributed by atoms with Crippen LogP contribution in [-0.2, 0) is 9.59 Å². The topological polar surface area (TPSA) is 77.9 Å². The molecule has 2 aliphatic rings. The van der Waals surface area contributed by atoms with Gasteiger partial charge in [0.05, 0.1) is 5.41 Å². The first kappa shape index (κ1) is 15.5. The second kappa shape index (κ2) is 5.68. The summed E-state index contributed by atoms with van der Waals surface area (Å²) in [7, 11) is 0. The summed E-state index contributed by atoms with van der Waals surface area (Å²) in [5.41, 5.74) is 0.466. The summed E-state index contributed by atoms with van der Waals surface area (Å²) in [6, 6.07) is 6.98. The number of hydrogen-bond donors (Lipinski definition) is 1. The average Bonchev–Trinajstić information content (AvgIpc) is 3.14. The van der Waals surface area contributed by atoms with Crippen molar-refractivity contribution in [1.29, 1.82) is 0 Å². The van der Waals surface area contributed by atoms with Gasteiger partial charge in [-0.15, -0.1) is 0 Å². The molecule has 2 heterocycles. The van der Waals surface area contributed by atoms with Crippen LogP contribution in [0.25, 0.3) is 0 Å². The van der Waals surface area contributed by atoms with Crippen LogP contribution in [0.5, 0.6) is 0 Å². The lowest BCUT2D eigenvalue weighted by Gasteiger charge is -2.21. The molecule has 2 amide bonds. The van der Waals surface area contributed by atoms with E-state index in [9.17, 15) is 19.5 Å². The smallest absolute Gasteiger partial charge is 0.311 e. The molecule has 2 aliphatic heterocycles. The van der Waals surface area contributed by atoms with E-state index in [4.69, 9.17) is 0 Å². The molecule has 0 saturated carbocycles. The lowest BCUT2D eigenvalue weighted by molar-refractivity contribution is -0.147. The Kier molecular flexibility index (Phi) is 3.83. The highest BCUT2D eigenvalue weighted by Crippen LogP contribution is 2.31. The molecule has 0 bridgehead atoms. The third-order valence-electron chi connectivity index (χ3n) is 4.78. The van der Waals surface area contributed by atoms with Crippen LogP contribution in [0.2, 0.25) is 0 Å². The number of aliphatic carboxylic acids is 1. The van der Waals surface area contributed by atoms with E-state index in [0.29, 0.717) is 24.9 Å². The Morgan fingerprint density at radius 1 is 1.17 bits per heavy atom. The molecule has 1 N–H and O–H groups in total. The van der Waals surface area contributed by atoms with Gasteiger partial charge >= 0.3 is 5.97 Å². The largest absolute Gasteiger partial charge is 0.481 e. The maximum atomic E-state index is 12.5. The summed E-state index contributed by atoms with van der Waals surface area (Å²) in [4.78, 5) is 38.8. The number of carboxylic acid groups (broad SMARTS) is 1. The molecular weight excluding hydrogens is 296 g/mol. The predicted octanol–water partition coefficient (Wildman–Crippen LogP) is 1.75. The number of likely N-dealkylation sites (tertiary alicyclic amines) is 1. The van der Waals surface area contributed by atoms with Gasteiger partial charge in [-0.25, -0.2) is 0 Å². The number of anilines is 1. The highest BCUT2D eigenvalue weighted by molar-refractivity contribution is 5.98. The number of carboxylic acids is 1. The fourth-order valence-electron chi connectivity index (χ4n) is 3.20. The fraction of sp³-hybridized carbons (Fsp3) is 0.471. The highest BCUT2D eigenvalue weighted by atomic mass is 16.4. The van der Waals surface area contributed by atoms with Gasteiger partial charge in [0.1, 0.15) is 0 Å². The van der Waals surface area contributed by atoms with Crippen molar-refractivity contribution in [1.82, 2.24) is 4.90 Å². The van der Waals surface area contributed by atoms with E-state index in [1.54, 1.807) is 41.0 Å². The van der Waals surface area contributed by atoms with Crippen molar-refractivity contribution in [2.75, 3.05) is 24.5 Å². The van der Waals surface area contributed by atoms with E-state index in [-0.39, 0.29) is 18.4 Å². The quantitative estimate of drug-likeness (QED) is 0.921. The van der Waals surface area contributed by atoms with Crippen molar-refractivity contribution in [3.63, 3.8) is 0 Å². The van der Waals surface area contributed by atoms with Crippen LogP contribution in [-0.4, -0.2) is 47.4 Å². The molecule has 0 aromatic heterocycles. The normalized spacial score (nSPS) is 24.3. The van der Waals surface area contributed by atoms with Crippen molar-refractivity contribution < 1.29 is 19.5 Å². The molecular formula is C17H20N2O4. The molecule has 2 saturated heterocycles. The third-order valence-corrected chi connectivity index (χ3v) is 4.78. The summed E-state index contributed by atoms with van der Waals surface area (Å²) < 4.78 is 0. The third kappa shape index (κ3) is 2.81. The van der Waals surface area contributed by atoms with Crippen LogP contribution in [0.4, 0.5) is 5.69 Å². The van der Waals surface area contributed by atoms with E-state index in [0.717, 1.165) is 18.7 Å². The van der Waals surface area contributed by atoms with Gasteiger partial charge in [-0.3, -0.25) is 14.4 Å². The molecule has 1 atom stereocenters. The van der Waals surface area contributed by atoms with Gasteiger partial charge in [0.15, 0.2) is 0 Å². The summed E-state index contributed by atoms with van der Waals surface area (Å²) in [5, 5.41) is 9.25. The Morgan fingerprint density at radius 3 is 2.39 bits per heavy atom. The summed E-state index contributed by atoms with van der Waals surface area (Å²) in [6.45, 7) is 3.07. The van der Waals surface area contributed by atoms with Crippen LogP contribution in [0.15, 0.2) is 24.3 Å². The summed E-state index contributed by atoms with van der Waals surface area (Å²) >= 11 is 0.